The van der Waals surface area contributed by atoms with E-state index in [1.54, 1.807) is 0 Å². The maximum absolute atomic E-state index is 2.38. The Labute approximate surface area is 240 Å². The Bertz CT molecular complexity index is 2210. The second-order valence-corrected chi connectivity index (χ2v) is 11.0. The van der Waals surface area contributed by atoms with Gasteiger partial charge in [-0.1, -0.05) is 140 Å². The Morgan fingerprint density at radius 3 is 1.49 bits per heavy atom. The van der Waals surface area contributed by atoms with Crippen LogP contribution in [0.15, 0.2) is 152 Å². The van der Waals surface area contributed by atoms with Crippen LogP contribution in [-0.2, 0) is 0 Å². The highest BCUT2D eigenvalue weighted by Crippen LogP contribution is 2.45. The molecule has 0 saturated heterocycles. The molecule has 41 heavy (non-hydrogen) atoms. The lowest BCUT2D eigenvalue weighted by Crippen LogP contribution is -1.91. The van der Waals surface area contributed by atoms with Gasteiger partial charge in [-0.15, -0.1) is 0 Å². The van der Waals surface area contributed by atoms with Gasteiger partial charge < -0.3 is 0 Å². The van der Waals surface area contributed by atoms with E-state index in [0.29, 0.717) is 0 Å². The van der Waals surface area contributed by atoms with Gasteiger partial charge in [-0.25, -0.2) is 0 Å². The van der Waals surface area contributed by atoms with Gasteiger partial charge in [0.1, 0.15) is 0 Å². The van der Waals surface area contributed by atoms with Gasteiger partial charge in [0.2, 0.25) is 0 Å². The van der Waals surface area contributed by atoms with Crippen molar-refractivity contribution in [2.75, 3.05) is 0 Å². The standard InChI is InChI=1S/C41H28/c1-27-21-24-34(35-16-5-4-15-33(27)35)30-13-10-14-31(26-30)40-36-17-6-8-19-38(36)41(39-20-9-7-18-37(39)40)32-23-22-28-11-2-3-12-29(28)25-32/h2-26H,1H3. The molecule has 0 radical (unpaired) electrons. The predicted octanol–water partition coefficient (Wildman–Crippen LogP) is 11.6. The summed E-state index contributed by atoms with van der Waals surface area (Å²) in [5, 5.41) is 10.3. The third kappa shape index (κ3) is 3.84. The molecular formula is C41H28. The van der Waals surface area contributed by atoms with Crippen molar-refractivity contribution < 1.29 is 0 Å². The van der Waals surface area contributed by atoms with Gasteiger partial charge in [0, 0.05) is 0 Å². The van der Waals surface area contributed by atoms with E-state index in [-0.39, 0.29) is 0 Å². The lowest BCUT2D eigenvalue weighted by Gasteiger charge is -2.18. The second kappa shape index (κ2) is 9.47. The number of fused-ring (bicyclic) bond motifs is 4. The molecule has 0 heteroatoms. The first-order valence-electron chi connectivity index (χ1n) is 14.3. The fraction of sp³-hybridized carbons (Fsp3) is 0.0244. The maximum Gasteiger partial charge on any atom is -0.00262 e. The molecule has 192 valence electrons. The molecule has 0 spiro atoms. The number of benzene rings is 8. The summed E-state index contributed by atoms with van der Waals surface area (Å²) < 4.78 is 0. The van der Waals surface area contributed by atoms with Crippen LogP contribution in [0.5, 0.6) is 0 Å². The highest BCUT2D eigenvalue weighted by Gasteiger charge is 2.17. The third-order valence-corrected chi connectivity index (χ3v) is 8.57. The van der Waals surface area contributed by atoms with E-state index in [1.807, 2.05) is 0 Å². The van der Waals surface area contributed by atoms with Crippen LogP contribution in [0.4, 0.5) is 0 Å². The minimum Gasteiger partial charge on any atom is -0.0616 e. The highest BCUT2D eigenvalue weighted by molar-refractivity contribution is 6.22. The number of aryl methyl sites for hydroxylation is 1. The molecule has 0 heterocycles. The quantitative estimate of drug-likeness (QED) is 0.203. The smallest absolute Gasteiger partial charge is 0.00262 e. The average Bonchev–Trinajstić information content (AvgIpc) is 3.03. The summed E-state index contributed by atoms with van der Waals surface area (Å²) in [5.41, 5.74) is 8.90. The summed E-state index contributed by atoms with van der Waals surface area (Å²) >= 11 is 0. The van der Waals surface area contributed by atoms with Crippen molar-refractivity contribution in [3.05, 3.63) is 157 Å². The van der Waals surface area contributed by atoms with E-state index in [9.17, 15) is 0 Å². The molecule has 0 N–H and O–H groups in total. The van der Waals surface area contributed by atoms with Crippen molar-refractivity contribution in [2.45, 2.75) is 6.92 Å². The Kier molecular flexibility index (Phi) is 5.47. The first-order chi connectivity index (χ1) is 20.3. The van der Waals surface area contributed by atoms with E-state index < -0.39 is 0 Å². The lowest BCUT2D eigenvalue weighted by atomic mass is 9.85. The zero-order valence-corrected chi connectivity index (χ0v) is 22.9. The average molecular weight is 521 g/mol. The van der Waals surface area contributed by atoms with Gasteiger partial charge in [-0.05, 0) is 101 Å². The molecule has 0 nitrogen and oxygen atoms in total. The Morgan fingerprint density at radius 2 is 0.829 bits per heavy atom. The monoisotopic (exact) mass is 520 g/mol. The number of hydrogen-bond acceptors (Lipinski definition) is 0. The summed E-state index contributed by atoms with van der Waals surface area (Å²) in [6.45, 7) is 2.19. The fourth-order valence-electron chi connectivity index (χ4n) is 6.64. The Hall–Kier alpha value is -5.20. The molecular weight excluding hydrogens is 492 g/mol. The maximum atomic E-state index is 2.38. The topological polar surface area (TPSA) is 0 Å². The second-order valence-electron chi connectivity index (χ2n) is 11.0. The van der Waals surface area contributed by atoms with Crippen molar-refractivity contribution in [3.63, 3.8) is 0 Å². The molecule has 0 aliphatic carbocycles. The molecule has 0 aromatic heterocycles. The number of rotatable bonds is 3. The molecule has 0 amide bonds. The van der Waals surface area contributed by atoms with Gasteiger partial charge in [-0.2, -0.15) is 0 Å². The van der Waals surface area contributed by atoms with Crippen LogP contribution in [0, 0.1) is 6.92 Å². The van der Waals surface area contributed by atoms with E-state index >= 15 is 0 Å². The third-order valence-electron chi connectivity index (χ3n) is 8.57. The molecule has 8 aromatic carbocycles. The zero-order valence-electron chi connectivity index (χ0n) is 22.9. The fourth-order valence-corrected chi connectivity index (χ4v) is 6.64. The molecule has 0 aliphatic rings. The van der Waals surface area contributed by atoms with Crippen LogP contribution in [0.1, 0.15) is 5.56 Å². The van der Waals surface area contributed by atoms with Crippen LogP contribution in [0.3, 0.4) is 0 Å². The molecule has 0 atom stereocenters. The molecule has 0 saturated carbocycles. The Morgan fingerprint density at radius 1 is 0.317 bits per heavy atom. The minimum absolute atomic E-state index is 1.24. The zero-order chi connectivity index (χ0) is 27.3. The van der Waals surface area contributed by atoms with Crippen LogP contribution in [-0.4, -0.2) is 0 Å². The van der Waals surface area contributed by atoms with Crippen LogP contribution in [0.25, 0.3) is 76.5 Å². The summed E-state index contributed by atoms with van der Waals surface area (Å²) in [4.78, 5) is 0. The van der Waals surface area contributed by atoms with Gasteiger partial charge >= 0.3 is 0 Å². The minimum atomic E-state index is 1.24. The molecule has 0 unspecified atom stereocenters. The lowest BCUT2D eigenvalue weighted by molar-refractivity contribution is 1.52. The molecule has 8 aromatic rings. The Balaban J connectivity index is 1.41. The summed E-state index contributed by atoms with van der Waals surface area (Å²) in [6, 6.07) is 55.7. The first kappa shape index (κ1) is 23.7. The normalized spacial score (nSPS) is 11.5. The molecule has 8 rings (SSSR count). The van der Waals surface area contributed by atoms with Gasteiger partial charge in [0.15, 0.2) is 0 Å². The van der Waals surface area contributed by atoms with E-state index in [2.05, 4.69) is 159 Å². The SMILES string of the molecule is Cc1ccc(-c2cccc(-c3c4ccccc4c(-c4ccc5ccccc5c4)c4ccccc34)c2)c2ccccc12. The van der Waals surface area contributed by atoms with E-state index in [0.717, 1.165) is 0 Å². The van der Waals surface area contributed by atoms with Crippen molar-refractivity contribution >= 4 is 43.1 Å². The highest BCUT2D eigenvalue weighted by atomic mass is 14.2. The van der Waals surface area contributed by atoms with Crippen LogP contribution >= 0.6 is 0 Å². The van der Waals surface area contributed by atoms with Crippen molar-refractivity contribution in [1.82, 2.24) is 0 Å². The van der Waals surface area contributed by atoms with E-state index in [1.165, 1.54) is 82.0 Å². The van der Waals surface area contributed by atoms with Crippen LogP contribution < -0.4 is 0 Å². The van der Waals surface area contributed by atoms with Gasteiger partial charge in [-0.3, -0.25) is 0 Å². The molecule has 0 fully saturated rings. The molecule has 0 aliphatic heterocycles. The predicted molar refractivity (Wildman–Crippen MR) is 178 cm³/mol. The number of hydrogen-bond donors (Lipinski definition) is 0. The van der Waals surface area contributed by atoms with Crippen molar-refractivity contribution in [2.24, 2.45) is 0 Å². The van der Waals surface area contributed by atoms with Crippen molar-refractivity contribution in [3.8, 4) is 33.4 Å². The molecule has 0 bridgehead atoms. The largest absolute Gasteiger partial charge is 0.0616 e. The van der Waals surface area contributed by atoms with E-state index in [4.69, 9.17) is 0 Å². The summed E-state index contributed by atoms with van der Waals surface area (Å²) in [5.74, 6) is 0. The van der Waals surface area contributed by atoms with Gasteiger partial charge in [0.25, 0.3) is 0 Å². The summed E-state index contributed by atoms with van der Waals surface area (Å²) in [7, 11) is 0. The van der Waals surface area contributed by atoms with Crippen LogP contribution in [0.2, 0.25) is 0 Å². The van der Waals surface area contributed by atoms with Crippen molar-refractivity contribution in [1.29, 1.82) is 0 Å². The first-order valence-corrected chi connectivity index (χ1v) is 14.3. The van der Waals surface area contributed by atoms with Gasteiger partial charge in [0.05, 0.1) is 0 Å². The summed E-state index contributed by atoms with van der Waals surface area (Å²) in [6.07, 6.45) is 0.